The summed E-state index contributed by atoms with van der Waals surface area (Å²) in [5.41, 5.74) is 2.49. The summed E-state index contributed by atoms with van der Waals surface area (Å²) in [7, 11) is 2.06. The summed E-state index contributed by atoms with van der Waals surface area (Å²) in [6.45, 7) is 5.24. The Morgan fingerprint density at radius 2 is 2.17 bits per heavy atom. The second-order valence-corrected chi connectivity index (χ2v) is 6.51. The molecular weight excluding hydrogens is 286 g/mol. The molecule has 1 unspecified atom stereocenters. The summed E-state index contributed by atoms with van der Waals surface area (Å²) in [5, 5.41) is 4.39. The number of carbonyl (C=O) groups is 1. The molecule has 2 heterocycles. The Bertz CT molecular complexity index is 676. The summed E-state index contributed by atoms with van der Waals surface area (Å²) in [4.78, 5) is 14.6. The first kappa shape index (κ1) is 16.1. The van der Waals surface area contributed by atoms with E-state index in [0.717, 1.165) is 19.5 Å². The van der Waals surface area contributed by atoms with Gasteiger partial charge in [0.05, 0.1) is 0 Å². The molecule has 0 saturated carbocycles. The van der Waals surface area contributed by atoms with E-state index in [0.29, 0.717) is 12.5 Å². The predicted octanol–water partition coefficient (Wildman–Crippen LogP) is 2.71. The number of para-hydroxylation sites is 1. The smallest absolute Gasteiger partial charge is 0.220 e. The van der Waals surface area contributed by atoms with Crippen molar-refractivity contribution in [3.63, 3.8) is 0 Å². The number of likely N-dealkylation sites (tertiary alicyclic amines) is 1. The van der Waals surface area contributed by atoms with Gasteiger partial charge in [0, 0.05) is 43.2 Å². The number of carbonyl (C=O) groups excluding carboxylic acids is 1. The first-order chi connectivity index (χ1) is 11.2. The Morgan fingerprint density at radius 1 is 1.35 bits per heavy atom. The Labute approximate surface area is 138 Å². The van der Waals surface area contributed by atoms with Crippen LogP contribution < -0.4 is 5.32 Å². The van der Waals surface area contributed by atoms with Crippen LogP contribution in [0.25, 0.3) is 10.9 Å². The molecule has 1 saturated heterocycles. The van der Waals surface area contributed by atoms with Crippen LogP contribution in [-0.4, -0.2) is 41.1 Å². The minimum atomic E-state index is 0.167. The maximum absolute atomic E-state index is 12.2. The highest BCUT2D eigenvalue weighted by Crippen LogP contribution is 2.21. The quantitative estimate of drug-likeness (QED) is 0.890. The third-order valence-corrected chi connectivity index (χ3v) is 5.04. The number of rotatable bonds is 6. The number of likely N-dealkylation sites (N-methyl/N-ethyl adjacent to an activating group) is 1. The van der Waals surface area contributed by atoms with E-state index in [2.05, 4.69) is 59.2 Å². The number of nitrogens with zero attached hydrogens (tertiary/aromatic N) is 2. The molecule has 0 radical (unpaired) electrons. The monoisotopic (exact) mass is 313 g/mol. The van der Waals surface area contributed by atoms with Crippen LogP contribution in [0.4, 0.5) is 0 Å². The van der Waals surface area contributed by atoms with Gasteiger partial charge in [0.1, 0.15) is 0 Å². The molecule has 1 aliphatic rings. The third-order valence-electron chi connectivity index (χ3n) is 5.04. The van der Waals surface area contributed by atoms with E-state index in [1.54, 1.807) is 0 Å². The molecule has 0 aliphatic carbocycles. The van der Waals surface area contributed by atoms with Crippen molar-refractivity contribution < 1.29 is 4.79 Å². The van der Waals surface area contributed by atoms with E-state index < -0.39 is 0 Å². The van der Waals surface area contributed by atoms with Crippen molar-refractivity contribution in [2.24, 2.45) is 7.05 Å². The van der Waals surface area contributed by atoms with Crippen molar-refractivity contribution in [1.82, 2.24) is 14.8 Å². The Hall–Kier alpha value is -1.81. The van der Waals surface area contributed by atoms with Crippen LogP contribution in [0, 0.1) is 0 Å². The van der Waals surface area contributed by atoms with Crippen LogP contribution >= 0.6 is 0 Å². The molecule has 3 rings (SSSR count). The van der Waals surface area contributed by atoms with Crippen molar-refractivity contribution in [3.8, 4) is 0 Å². The number of nitrogens with one attached hydrogen (secondary N) is 1. The van der Waals surface area contributed by atoms with Gasteiger partial charge < -0.3 is 9.88 Å². The molecule has 1 amide bonds. The fourth-order valence-electron chi connectivity index (χ4n) is 3.74. The van der Waals surface area contributed by atoms with Crippen LogP contribution in [0.3, 0.4) is 0 Å². The van der Waals surface area contributed by atoms with E-state index in [-0.39, 0.29) is 5.91 Å². The molecule has 2 aromatic rings. The fraction of sp³-hybridized carbons (Fsp3) is 0.526. The van der Waals surface area contributed by atoms with Gasteiger partial charge >= 0.3 is 0 Å². The standard InChI is InChI=1S/C19H27N3O/c1-3-22-12-6-7-16(22)13-20-19(23)11-10-15-14-21(2)18-9-5-4-8-17(15)18/h4-5,8-9,14,16H,3,6-7,10-13H2,1-2H3,(H,20,23). The van der Waals surface area contributed by atoms with E-state index in [1.165, 1.54) is 35.9 Å². The lowest BCUT2D eigenvalue weighted by atomic mass is 10.1. The third kappa shape index (κ3) is 3.58. The average Bonchev–Trinajstić information content (AvgIpc) is 3.16. The summed E-state index contributed by atoms with van der Waals surface area (Å²) in [6.07, 6.45) is 5.97. The number of benzene rings is 1. The second kappa shape index (κ2) is 7.18. The maximum atomic E-state index is 12.2. The summed E-state index contributed by atoms with van der Waals surface area (Å²) >= 11 is 0. The number of hydrogen-bond acceptors (Lipinski definition) is 2. The molecule has 4 nitrogen and oxygen atoms in total. The van der Waals surface area contributed by atoms with Crippen molar-refractivity contribution in [2.75, 3.05) is 19.6 Å². The van der Waals surface area contributed by atoms with Gasteiger partial charge in [0.25, 0.3) is 0 Å². The molecule has 1 atom stereocenters. The van der Waals surface area contributed by atoms with E-state index >= 15 is 0 Å². The molecule has 1 aromatic carbocycles. The molecule has 1 N–H and O–H groups in total. The maximum Gasteiger partial charge on any atom is 0.220 e. The van der Waals surface area contributed by atoms with Crippen molar-refractivity contribution in [2.45, 2.75) is 38.6 Å². The van der Waals surface area contributed by atoms with Gasteiger partial charge in [0.2, 0.25) is 5.91 Å². The lowest BCUT2D eigenvalue weighted by Gasteiger charge is -2.22. The minimum Gasteiger partial charge on any atom is -0.355 e. The van der Waals surface area contributed by atoms with Gasteiger partial charge in [-0.2, -0.15) is 0 Å². The zero-order valence-electron chi connectivity index (χ0n) is 14.2. The van der Waals surface area contributed by atoms with E-state index in [1.807, 2.05) is 0 Å². The molecule has 1 aromatic heterocycles. The average molecular weight is 313 g/mol. The van der Waals surface area contributed by atoms with Gasteiger partial charge in [0.15, 0.2) is 0 Å². The van der Waals surface area contributed by atoms with Gasteiger partial charge in [-0.05, 0) is 44.0 Å². The molecule has 1 aliphatic heterocycles. The summed E-state index contributed by atoms with van der Waals surface area (Å²) in [6, 6.07) is 8.91. The lowest BCUT2D eigenvalue weighted by molar-refractivity contribution is -0.121. The lowest BCUT2D eigenvalue weighted by Crippen LogP contribution is -2.40. The largest absolute Gasteiger partial charge is 0.355 e. The van der Waals surface area contributed by atoms with Gasteiger partial charge in [-0.3, -0.25) is 9.69 Å². The highest BCUT2D eigenvalue weighted by atomic mass is 16.1. The van der Waals surface area contributed by atoms with E-state index in [4.69, 9.17) is 0 Å². The Kier molecular flexibility index (Phi) is 5.01. The van der Waals surface area contributed by atoms with Crippen LogP contribution in [0.2, 0.25) is 0 Å². The van der Waals surface area contributed by atoms with Crippen LogP contribution in [0.15, 0.2) is 30.5 Å². The highest BCUT2D eigenvalue weighted by molar-refractivity contribution is 5.84. The SMILES string of the molecule is CCN1CCCC1CNC(=O)CCc1cn(C)c2ccccc12. The molecule has 1 fully saturated rings. The molecule has 0 spiro atoms. The molecule has 124 valence electrons. The number of hydrogen-bond donors (Lipinski definition) is 1. The second-order valence-electron chi connectivity index (χ2n) is 6.51. The van der Waals surface area contributed by atoms with Crippen molar-refractivity contribution in [1.29, 1.82) is 0 Å². The molecule has 0 bridgehead atoms. The zero-order valence-corrected chi connectivity index (χ0v) is 14.2. The molecule has 4 heteroatoms. The van der Waals surface area contributed by atoms with Gasteiger partial charge in [-0.15, -0.1) is 0 Å². The number of aryl methyl sites for hydroxylation is 2. The van der Waals surface area contributed by atoms with Gasteiger partial charge in [-0.1, -0.05) is 25.1 Å². The Balaban J connectivity index is 1.52. The number of amides is 1. The van der Waals surface area contributed by atoms with Crippen LogP contribution in [0.1, 0.15) is 31.7 Å². The predicted molar refractivity (Wildman–Crippen MR) is 94.5 cm³/mol. The highest BCUT2D eigenvalue weighted by Gasteiger charge is 2.23. The first-order valence-corrected chi connectivity index (χ1v) is 8.72. The van der Waals surface area contributed by atoms with Crippen molar-refractivity contribution >= 4 is 16.8 Å². The topological polar surface area (TPSA) is 37.3 Å². The Morgan fingerprint density at radius 3 is 3.00 bits per heavy atom. The number of fused-ring (bicyclic) bond motifs is 1. The summed E-state index contributed by atoms with van der Waals surface area (Å²) in [5.74, 6) is 0.167. The number of aromatic nitrogens is 1. The van der Waals surface area contributed by atoms with Crippen LogP contribution in [-0.2, 0) is 18.3 Å². The summed E-state index contributed by atoms with van der Waals surface area (Å²) < 4.78 is 2.14. The van der Waals surface area contributed by atoms with E-state index in [9.17, 15) is 4.79 Å². The zero-order chi connectivity index (χ0) is 16.2. The minimum absolute atomic E-state index is 0.167. The normalized spacial score (nSPS) is 18.6. The van der Waals surface area contributed by atoms with Crippen molar-refractivity contribution in [3.05, 3.63) is 36.0 Å². The first-order valence-electron chi connectivity index (χ1n) is 8.72. The van der Waals surface area contributed by atoms with Crippen LogP contribution in [0.5, 0.6) is 0 Å². The fourth-order valence-corrected chi connectivity index (χ4v) is 3.74. The molecular formula is C19H27N3O. The molecule has 23 heavy (non-hydrogen) atoms. The van der Waals surface area contributed by atoms with Gasteiger partial charge in [-0.25, -0.2) is 0 Å².